The molecule has 0 amide bonds. The van der Waals surface area contributed by atoms with E-state index in [1.54, 1.807) is 0 Å². The predicted octanol–water partition coefficient (Wildman–Crippen LogP) is 1.51. The Kier molecular flexibility index (Phi) is 3.90. The molecular formula is C10H13BN4O2. The molecule has 0 unspecified atom stereocenters. The molecule has 0 atom stereocenters. The summed E-state index contributed by atoms with van der Waals surface area (Å²) in [6, 6.07) is 0.355. The molecule has 2 rings (SSSR count). The van der Waals surface area contributed by atoms with Crippen molar-refractivity contribution < 1.29 is 9.33 Å². The normalized spacial score (nSPS) is 24.7. The molecule has 0 aliphatic heterocycles. The predicted molar refractivity (Wildman–Crippen MR) is 63.4 cm³/mol. The van der Waals surface area contributed by atoms with E-state index in [0.717, 1.165) is 37.5 Å². The number of rotatable bonds is 4. The Labute approximate surface area is 99.4 Å². The monoisotopic (exact) mass is 232 g/mol. The van der Waals surface area contributed by atoms with Crippen molar-refractivity contribution in [2.45, 2.75) is 37.6 Å². The Hall–Kier alpha value is -1.66. The second kappa shape index (κ2) is 5.61. The Balaban J connectivity index is 2.07. The quantitative estimate of drug-likeness (QED) is 0.581. The first-order chi connectivity index (χ1) is 8.35. The van der Waals surface area contributed by atoms with Gasteiger partial charge in [0, 0.05) is 0 Å². The van der Waals surface area contributed by atoms with Crippen molar-refractivity contribution in [1.29, 1.82) is 0 Å². The molecule has 1 aliphatic carbocycles. The van der Waals surface area contributed by atoms with Gasteiger partial charge in [-0.25, -0.2) is 0 Å². The molecule has 0 aromatic carbocycles. The van der Waals surface area contributed by atoms with Crippen LogP contribution in [-0.2, 0) is 4.70 Å². The molecule has 17 heavy (non-hydrogen) atoms. The number of hydrogen-bond donors (Lipinski definition) is 0. The molecule has 0 spiro atoms. The van der Waals surface area contributed by atoms with Crippen molar-refractivity contribution >= 4 is 25.8 Å². The zero-order chi connectivity index (χ0) is 12.1. The summed E-state index contributed by atoms with van der Waals surface area (Å²) in [6.45, 7) is 3.57. The van der Waals surface area contributed by atoms with Crippen molar-refractivity contribution in [3.8, 4) is 0 Å². The van der Waals surface area contributed by atoms with Crippen molar-refractivity contribution in [2.75, 3.05) is 0 Å². The Morgan fingerprint density at radius 3 is 2.76 bits per heavy atom. The Bertz CT molecular complexity index is 424. The van der Waals surface area contributed by atoms with Gasteiger partial charge in [-0.2, -0.15) is 0 Å². The summed E-state index contributed by atoms with van der Waals surface area (Å²) >= 11 is 0. The SMILES string of the molecule is C=NC1CCC(c2nonc2N=CB=O)CC1. The van der Waals surface area contributed by atoms with Crippen LogP contribution >= 0.6 is 0 Å². The summed E-state index contributed by atoms with van der Waals surface area (Å²) in [5, 5.41) is 7.57. The molecule has 7 heteroatoms. The zero-order valence-electron chi connectivity index (χ0n) is 9.45. The second-order valence-electron chi connectivity index (χ2n) is 4.08. The van der Waals surface area contributed by atoms with E-state index in [-0.39, 0.29) is 5.92 Å². The van der Waals surface area contributed by atoms with E-state index >= 15 is 0 Å². The van der Waals surface area contributed by atoms with Crippen LogP contribution in [0.5, 0.6) is 0 Å². The summed E-state index contributed by atoms with van der Waals surface area (Å²) in [5.74, 6) is 0.699. The number of aliphatic imine (C=N–C) groups is 2. The molecule has 6 nitrogen and oxygen atoms in total. The first kappa shape index (κ1) is 11.8. The van der Waals surface area contributed by atoms with Gasteiger partial charge >= 0.3 is 98.8 Å². The topological polar surface area (TPSA) is 80.7 Å². The summed E-state index contributed by atoms with van der Waals surface area (Å²) in [7, 11) is 0.608. The maximum absolute atomic E-state index is 10.2. The number of hydrogen-bond acceptors (Lipinski definition) is 6. The van der Waals surface area contributed by atoms with Crippen LogP contribution in [-0.4, -0.2) is 36.3 Å². The number of nitrogens with zero attached hydrogens (tertiary/aromatic N) is 4. The molecule has 0 N–H and O–H groups in total. The third-order valence-electron chi connectivity index (χ3n) is 3.09. The van der Waals surface area contributed by atoms with Gasteiger partial charge < -0.3 is 0 Å². The van der Waals surface area contributed by atoms with Gasteiger partial charge in [0.2, 0.25) is 0 Å². The molecule has 88 valence electrons. The van der Waals surface area contributed by atoms with E-state index in [2.05, 4.69) is 31.6 Å². The van der Waals surface area contributed by atoms with Gasteiger partial charge in [0.15, 0.2) is 0 Å². The van der Waals surface area contributed by atoms with Crippen molar-refractivity contribution in [3.05, 3.63) is 5.69 Å². The van der Waals surface area contributed by atoms with Crippen LogP contribution in [0.2, 0.25) is 0 Å². The molecule has 1 aromatic heterocycles. The molecule has 1 heterocycles. The molecule has 1 fully saturated rings. The van der Waals surface area contributed by atoms with E-state index in [4.69, 9.17) is 0 Å². The van der Waals surface area contributed by atoms with Gasteiger partial charge in [0.05, 0.1) is 0 Å². The molecule has 0 saturated heterocycles. The van der Waals surface area contributed by atoms with Gasteiger partial charge in [0.25, 0.3) is 0 Å². The molecule has 1 saturated carbocycles. The average molecular weight is 232 g/mol. The average Bonchev–Trinajstić information content (AvgIpc) is 2.84. The first-order valence-corrected chi connectivity index (χ1v) is 5.61. The summed E-state index contributed by atoms with van der Waals surface area (Å²) in [4.78, 5) is 7.95. The summed E-state index contributed by atoms with van der Waals surface area (Å²) < 4.78 is 14.9. The fourth-order valence-corrected chi connectivity index (χ4v) is 2.17. The molecular weight excluding hydrogens is 219 g/mol. The van der Waals surface area contributed by atoms with E-state index in [0.29, 0.717) is 19.0 Å². The van der Waals surface area contributed by atoms with E-state index in [1.165, 1.54) is 0 Å². The number of aromatic nitrogens is 2. The van der Waals surface area contributed by atoms with Crippen molar-refractivity contribution in [1.82, 2.24) is 10.3 Å². The fourth-order valence-electron chi connectivity index (χ4n) is 2.17. The van der Waals surface area contributed by atoms with Crippen LogP contribution in [0.3, 0.4) is 0 Å². The molecule has 0 bridgehead atoms. The van der Waals surface area contributed by atoms with Crippen LogP contribution in [0.4, 0.5) is 5.82 Å². The van der Waals surface area contributed by atoms with Crippen LogP contribution in [0.25, 0.3) is 0 Å². The summed E-state index contributed by atoms with van der Waals surface area (Å²) in [6.07, 6.45) is 5.10. The van der Waals surface area contributed by atoms with E-state index in [1.807, 2.05) is 0 Å². The molecule has 1 aliphatic rings. The van der Waals surface area contributed by atoms with E-state index < -0.39 is 0 Å². The van der Waals surface area contributed by atoms with Crippen molar-refractivity contribution in [3.63, 3.8) is 0 Å². The van der Waals surface area contributed by atoms with Gasteiger partial charge in [-0.3, -0.25) is 0 Å². The van der Waals surface area contributed by atoms with Gasteiger partial charge in [-0.05, 0) is 0 Å². The minimum absolute atomic E-state index is 0.290. The van der Waals surface area contributed by atoms with Gasteiger partial charge in [0.1, 0.15) is 0 Å². The third-order valence-corrected chi connectivity index (χ3v) is 3.09. The van der Waals surface area contributed by atoms with Crippen LogP contribution < -0.4 is 0 Å². The summed E-state index contributed by atoms with van der Waals surface area (Å²) in [5.41, 5.74) is 0.741. The van der Waals surface area contributed by atoms with Gasteiger partial charge in [-0.15, -0.1) is 0 Å². The van der Waals surface area contributed by atoms with E-state index in [9.17, 15) is 4.70 Å². The van der Waals surface area contributed by atoms with Crippen molar-refractivity contribution in [2.24, 2.45) is 9.98 Å². The maximum atomic E-state index is 10.2. The zero-order valence-corrected chi connectivity index (χ0v) is 9.45. The van der Waals surface area contributed by atoms with Crippen LogP contribution in [0, 0.1) is 0 Å². The Morgan fingerprint density at radius 1 is 1.35 bits per heavy atom. The van der Waals surface area contributed by atoms with Crippen LogP contribution in [0.15, 0.2) is 14.6 Å². The standard InChI is InChI=1S/C10H13BN4O2/c1-12-8-4-2-7(3-5-8)9-10(13-6-11-16)15-17-14-9/h6-8H,1-5H2. The van der Waals surface area contributed by atoms with Crippen LogP contribution in [0.1, 0.15) is 37.3 Å². The second-order valence-corrected chi connectivity index (χ2v) is 4.08. The molecule has 1 aromatic rings. The molecule has 0 radical (unpaired) electrons. The minimum atomic E-state index is 0.290. The fraction of sp³-hybridized carbons (Fsp3) is 0.600. The first-order valence-electron chi connectivity index (χ1n) is 5.61. The third kappa shape index (κ3) is 2.72. The Morgan fingerprint density at radius 2 is 2.12 bits per heavy atom. The van der Waals surface area contributed by atoms with Gasteiger partial charge in [-0.1, -0.05) is 0 Å².